The fourth-order valence-corrected chi connectivity index (χ4v) is 4.74. The Bertz CT molecular complexity index is 679. The molecule has 0 atom stereocenters. The molecule has 0 unspecified atom stereocenters. The number of hydrogen-bond acceptors (Lipinski definition) is 0. The predicted octanol–water partition coefficient (Wildman–Crippen LogP) is 13.1. The highest BCUT2D eigenvalue weighted by molar-refractivity contribution is 5.31. The van der Waals surface area contributed by atoms with Crippen LogP contribution in [0.1, 0.15) is 173 Å². The zero-order valence-corrected chi connectivity index (χ0v) is 28.5. The average molecular weight is 539 g/mol. The molecular weight excluding hydrogens is 468 g/mol. The Balaban J connectivity index is 0. The van der Waals surface area contributed by atoms with Crippen LogP contribution in [0.15, 0.2) is 36.4 Å². The van der Waals surface area contributed by atoms with Crippen LogP contribution >= 0.6 is 0 Å². The van der Waals surface area contributed by atoms with E-state index < -0.39 is 0 Å². The van der Waals surface area contributed by atoms with E-state index in [1.807, 2.05) is 27.7 Å². The summed E-state index contributed by atoms with van der Waals surface area (Å²) in [6.45, 7) is 21.6. The van der Waals surface area contributed by atoms with Crippen LogP contribution in [0.2, 0.25) is 0 Å². The number of benzene rings is 2. The smallest absolute Gasteiger partial charge is 0.0279 e. The normalized spacial score (nSPS) is 10.0. The van der Waals surface area contributed by atoms with Crippen LogP contribution < -0.4 is 0 Å². The summed E-state index contributed by atoms with van der Waals surface area (Å²) >= 11 is 0. The molecule has 0 aliphatic rings. The second-order valence-corrected chi connectivity index (χ2v) is 10.6. The maximum absolute atomic E-state index is 2.45. The van der Waals surface area contributed by atoms with Crippen LogP contribution in [0.25, 0.3) is 0 Å². The van der Waals surface area contributed by atoms with Crippen molar-refractivity contribution in [3.8, 4) is 0 Å². The van der Waals surface area contributed by atoms with Crippen molar-refractivity contribution in [2.75, 3.05) is 0 Å². The third-order valence-electron chi connectivity index (χ3n) is 6.86. The van der Waals surface area contributed by atoms with Crippen molar-refractivity contribution in [2.45, 2.75) is 178 Å². The van der Waals surface area contributed by atoms with Crippen molar-refractivity contribution in [1.29, 1.82) is 0 Å². The summed E-state index contributed by atoms with van der Waals surface area (Å²) in [5, 5.41) is 0. The van der Waals surface area contributed by atoms with Gasteiger partial charge in [-0.2, -0.15) is 0 Å². The summed E-state index contributed by atoms with van der Waals surface area (Å²) in [4.78, 5) is 0. The van der Waals surface area contributed by atoms with Gasteiger partial charge in [-0.1, -0.05) is 144 Å². The van der Waals surface area contributed by atoms with Crippen molar-refractivity contribution in [2.24, 2.45) is 0 Å². The molecule has 0 fully saturated rings. The molecule has 0 N–H and O–H groups in total. The molecule has 39 heavy (non-hydrogen) atoms. The van der Waals surface area contributed by atoms with Gasteiger partial charge in [0.05, 0.1) is 0 Å². The van der Waals surface area contributed by atoms with E-state index in [4.69, 9.17) is 0 Å². The van der Waals surface area contributed by atoms with Gasteiger partial charge in [0.2, 0.25) is 0 Å². The van der Waals surface area contributed by atoms with Gasteiger partial charge >= 0.3 is 0 Å². The minimum atomic E-state index is 1.24. The molecule has 226 valence electrons. The van der Waals surface area contributed by atoms with Gasteiger partial charge in [0.25, 0.3) is 0 Å². The number of hydrogen-bond donors (Lipinski definition) is 0. The van der Waals surface area contributed by atoms with Crippen molar-refractivity contribution in [1.82, 2.24) is 0 Å². The Kier molecular flexibility index (Phi) is 29.9. The van der Waals surface area contributed by atoms with Gasteiger partial charge in [-0.05, 0) is 104 Å². The minimum Gasteiger partial charge on any atom is -0.0683 e. The first-order valence-electron chi connectivity index (χ1n) is 17.3. The van der Waals surface area contributed by atoms with Crippen LogP contribution in [-0.2, 0) is 38.5 Å². The second kappa shape index (κ2) is 29.4. The summed E-state index contributed by atoms with van der Waals surface area (Å²) in [5.41, 5.74) is 9.37. The molecule has 2 aromatic carbocycles. The number of unbranched alkanes of at least 4 members (excludes halogenated alkanes) is 5. The van der Waals surface area contributed by atoms with E-state index >= 15 is 0 Å². The summed E-state index contributed by atoms with van der Waals surface area (Å²) < 4.78 is 0. The minimum absolute atomic E-state index is 1.24. The van der Waals surface area contributed by atoms with E-state index in [0.717, 1.165) is 0 Å². The van der Waals surface area contributed by atoms with E-state index in [1.54, 1.807) is 33.4 Å². The van der Waals surface area contributed by atoms with Crippen molar-refractivity contribution < 1.29 is 0 Å². The van der Waals surface area contributed by atoms with E-state index in [2.05, 4.69) is 77.9 Å². The molecular formula is C39H70. The lowest BCUT2D eigenvalue weighted by Crippen LogP contribution is -1.95. The van der Waals surface area contributed by atoms with Crippen LogP contribution in [0.3, 0.4) is 0 Å². The van der Waals surface area contributed by atoms with Gasteiger partial charge in [-0.3, -0.25) is 0 Å². The standard InChI is InChI=1S/C18H30.C17H28.2C2H6/c1-4-7-10-16-13-17(11-8-5-2)15-18(14-16)12-9-6-3;1-4-7-10-16-12-15(9-6-3)13-17(14-16)11-8-5-2;2*1-2/h13-15H,4-12H2,1-3H3;12-14H,4-11H2,1-3H3;2*1-2H3. The molecule has 0 saturated carbocycles. The van der Waals surface area contributed by atoms with E-state index in [9.17, 15) is 0 Å². The third kappa shape index (κ3) is 20.9. The van der Waals surface area contributed by atoms with Crippen molar-refractivity contribution in [3.05, 3.63) is 69.8 Å². The van der Waals surface area contributed by atoms with Crippen LogP contribution in [0, 0.1) is 0 Å². The fraction of sp³-hybridized carbons (Fsp3) is 0.692. The summed E-state index contributed by atoms with van der Waals surface area (Å²) in [5.74, 6) is 0. The molecule has 0 aromatic heterocycles. The SMILES string of the molecule is CC.CC.CCCCc1cc(CCC)cc(CCCC)c1.CCCCc1cc(CCCC)cc(CCCC)c1. The Morgan fingerprint density at radius 2 is 0.462 bits per heavy atom. The van der Waals surface area contributed by atoms with Gasteiger partial charge < -0.3 is 0 Å². The monoisotopic (exact) mass is 539 g/mol. The molecule has 0 bridgehead atoms. The van der Waals surface area contributed by atoms with Crippen LogP contribution in [0.4, 0.5) is 0 Å². The molecule has 0 amide bonds. The second-order valence-electron chi connectivity index (χ2n) is 10.6. The molecule has 0 heterocycles. The number of rotatable bonds is 17. The highest BCUT2D eigenvalue weighted by Gasteiger charge is 2.03. The lowest BCUT2D eigenvalue weighted by molar-refractivity contribution is 0.766. The van der Waals surface area contributed by atoms with E-state index in [1.165, 1.54) is 109 Å². The van der Waals surface area contributed by atoms with E-state index in [0.29, 0.717) is 0 Å². The lowest BCUT2D eigenvalue weighted by atomic mass is 9.96. The molecule has 0 saturated heterocycles. The van der Waals surface area contributed by atoms with Crippen molar-refractivity contribution >= 4 is 0 Å². The van der Waals surface area contributed by atoms with Crippen molar-refractivity contribution in [3.63, 3.8) is 0 Å². The highest BCUT2D eigenvalue weighted by atomic mass is 14.1. The maximum Gasteiger partial charge on any atom is -0.0279 e. The number of aryl methyl sites for hydroxylation is 6. The molecule has 0 radical (unpaired) electrons. The van der Waals surface area contributed by atoms with Gasteiger partial charge in [0.15, 0.2) is 0 Å². The zero-order valence-electron chi connectivity index (χ0n) is 28.5. The summed E-state index contributed by atoms with van der Waals surface area (Å²) in [6, 6.07) is 14.6. The van der Waals surface area contributed by atoms with Crippen LogP contribution in [0.5, 0.6) is 0 Å². The third-order valence-corrected chi connectivity index (χ3v) is 6.86. The Morgan fingerprint density at radius 1 is 0.282 bits per heavy atom. The maximum atomic E-state index is 2.45. The predicted molar refractivity (Wildman–Crippen MR) is 183 cm³/mol. The Hall–Kier alpha value is -1.56. The first-order valence-corrected chi connectivity index (χ1v) is 17.3. The topological polar surface area (TPSA) is 0 Å². The summed E-state index contributed by atoms with van der Waals surface area (Å²) in [6.07, 6.45) is 21.9. The fourth-order valence-electron chi connectivity index (χ4n) is 4.74. The van der Waals surface area contributed by atoms with Gasteiger partial charge in [-0.25, -0.2) is 0 Å². The molecule has 0 heteroatoms. The van der Waals surface area contributed by atoms with Crippen LogP contribution in [-0.4, -0.2) is 0 Å². The zero-order chi connectivity index (χ0) is 29.7. The molecule has 0 nitrogen and oxygen atoms in total. The molecule has 2 aromatic rings. The first kappa shape index (κ1) is 39.6. The molecule has 2 rings (SSSR count). The largest absolute Gasteiger partial charge is 0.0683 e. The Morgan fingerprint density at radius 3 is 0.615 bits per heavy atom. The molecule has 0 aliphatic heterocycles. The molecule has 0 spiro atoms. The van der Waals surface area contributed by atoms with Gasteiger partial charge in [0, 0.05) is 0 Å². The molecule has 0 aliphatic carbocycles. The van der Waals surface area contributed by atoms with Gasteiger partial charge in [-0.15, -0.1) is 0 Å². The first-order chi connectivity index (χ1) is 19.1. The highest BCUT2D eigenvalue weighted by Crippen LogP contribution is 2.18. The van der Waals surface area contributed by atoms with E-state index in [-0.39, 0.29) is 0 Å². The summed E-state index contributed by atoms with van der Waals surface area (Å²) in [7, 11) is 0. The quantitative estimate of drug-likeness (QED) is 0.188. The Labute approximate surface area is 247 Å². The average Bonchev–Trinajstić information content (AvgIpc) is 2.98. The van der Waals surface area contributed by atoms with Gasteiger partial charge in [0.1, 0.15) is 0 Å². The lowest BCUT2D eigenvalue weighted by Gasteiger charge is -2.09.